The molecule has 0 spiro atoms. The Kier molecular flexibility index (Phi) is 5.32. The van der Waals surface area contributed by atoms with Crippen LogP contribution in [0.4, 0.5) is 20.6 Å². The lowest BCUT2D eigenvalue weighted by molar-refractivity contribution is -0.120. The molecular formula is C20H20BrFN4O2. The number of amides is 3. The van der Waals surface area contributed by atoms with E-state index in [-0.39, 0.29) is 24.3 Å². The predicted octanol–water partition coefficient (Wildman–Crippen LogP) is 3.18. The number of carbonyl (C=O) groups excluding carboxylic acids is 2. The van der Waals surface area contributed by atoms with Crippen molar-refractivity contribution in [1.29, 1.82) is 0 Å². The maximum atomic E-state index is 13.1. The Morgan fingerprint density at radius 3 is 2.11 bits per heavy atom. The number of nitrogens with one attached hydrogen (secondary N) is 1. The molecule has 0 aliphatic carbocycles. The fraction of sp³-hybridized carbons (Fsp3) is 0.300. The highest BCUT2D eigenvalue weighted by molar-refractivity contribution is 9.10. The van der Waals surface area contributed by atoms with Crippen molar-refractivity contribution in [2.45, 2.75) is 12.6 Å². The summed E-state index contributed by atoms with van der Waals surface area (Å²) in [5.74, 6) is -0.460. The van der Waals surface area contributed by atoms with Gasteiger partial charge >= 0.3 is 6.03 Å². The third-order valence-corrected chi connectivity index (χ3v) is 5.67. The summed E-state index contributed by atoms with van der Waals surface area (Å²) >= 11 is 3.35. The molecule has 28 heavy (non-hydrogen) atoms. The van der Waals surface area contributed by atoms with Gasteiger partial charge in [-0.25, -0.2) is 14.1 Å². The quantitative estimate of drug-likeness (QED) is 0.786. The first kappa shape index (κ1) is 18.9. The van der Waals surface area contributed by atoms with Crippen LogP contribution < -0.4 is 15.1 Å². The van der Waals surface area contributed by atoms with Crippen LogP contribution in [0, 0.1) is 5.82 Å². The molecule has 2 heterocycles. The van der Waals surface area contributed by atoms with Gasteiger partial charge in [-0.3, -0.25) is 9.69 Å². The van der Waals surface area contributed by atoms with Gasteiger partial charge in [-0.05, 0) is 48.5 Å². The first-order valence-corrected chi connectivity index (χ1v) is 9.94. The molecule has 1 N–H and O–H groups in total. The number of halogens is 2. The van der Waals surface area contributed by atoms with E-state index in [4.69, 9.17) is 0 Å². The van der Waals surface area contributed by atoms with E-state index in [1.165, 1.54) is 17.0 Å². The summed E-state index contributed by atoms with van der Waals surface area (Å²) in [7, 11) is 0. The maximum absolute atomic E-state index is 13.1. The minimum atomic E-state index is -0.399. The number of urea groups is 1. The van der Waals surface area contributed by atoms with Gasteiger partial charge < -0.3 is 10.2 Å². The number of imide groups is 1. The fourth-order valence-corrected chi connectivity index (χ4v) is 3.91. The highest BCUT2D eigenvalue weighted by Crippen LogP contribution is 2.24. The highest BCUT2D eigenvalue weighted by Gasteiger charge is 2.36. The molecule has 2 aromatic rings. The van der Waals surface area contributed by atoms with Crippen molar-refractivity contribution in [2.75, 3.05) is 36.0 Å². The summed E-state index contributed by atoms with van der Waals surface area (Å²) in [6.07, 6.45) is -0.0692. The van der Waals surface area contributed by atoms with Crippen LogP contribution in [0.15, 0.2) is 53.0 Å². The summed E-state index contributed by atoms with van der Waals surface area (Å²) in [5.41, 5.74) is 1.54. The lowest BCUT2D eigenvalue weighted by atomic mass is 10.1. The molecule has 2 aromatic carbocycles. The number of rotatable bonds is 3. The van der Waals surface area contributed by atoms with Gasteiger partial charge in [-0.15, -0.1) is 0 Å². The molecule has 4 rings (SSSR count). The Morgan fingerprint density at radius 1 is 0.893 bits per heavy atom. The molecule has 1 unspecified atom stereocenters. The van der Waals surface area contributed by atoms with Crippen molar-refractivity contribution in [2.24, 2.45) is 0 Å². The van der Waals surface area contributed by atoms with E-state index in [0.29, 0.717) is 18.8 Å². The second kappa shape index (κ2) is 7.89. The van der Waals surface area contributed by atoms with Crippen LogP contribution in [0.5, 0.6) is 0 Å². The number of nitrogens with zero attached hydrogens (tertiary/aromatic N) is 3. The van der Waals surface area contributed by atoms with Crippen LogP contribution >= 0.6 is 15.9 Å². The summed E-state index contributed by atoms with van der Waals surface area (Å²) in [4.78, 5) is 30.7. The van der Waals surface area contributed by atoms with Crippen molar-refractivity contribution >= 4 is 39.2 Å². The average Bonchev–Trinajstić information content (AvgIpc) is 2.70. The summed E-state index contributed by atoms with van der Waals surface area (Å²) in [5, 5.41) is 2.95. The SMILES string of the molecule is O=C1CC(N2CCN(c3ccc(F)cc3)CC2)NC(=O)N1c1ccc(Br)cc1. The van der Waals surface area contributed by atoms with Crippen LogP contribution in [0.1, 0.15) is 6.42 Å². The van der Waals surface area contributed by atoms with Gasteiger partial charge in [0.2, 0.25) is 5.91 Å². The van der Waals surface area contributed by atoms with Crippen LogP contribution in [0.25, 0.3) is 0 Å². The van der Waals surface area contributed by atoms with Crippen molar-refractivity contribution < 1.29 is 14.0 Å². The van der Waals surface area contributed by atoms with E-state index in [9.17, 15) is 14.0 Å². The Morgan fingerprint density at radius 2 is 1.50 bits per heavy atom. The molecule has 2 fully saturated rings. The van der Waals surface area contributed by atoms with Gasteiger partial charge in [0.25, 0.3) is 0 Å². The minimum absolute atomic E-state index is 0.211. The second-order valence-electron chi connectivity index (χ2n) is 6.87. The van der Waals surface area contributed by atoms with E-state index in [1.807, 2.05) is 0 Å². The number of anilines is 2. The predicted molar refractivity (Wildman–Crippen MR) is 109 cm³/mol. The van der Waals surface area contributed by atoms with E-state index >= 15 is 0 Å². The number of benzene rings is 2. The molecule has 2 aliphatic heterocycles. The van der Waals surface area contributed by atoms with E-state index in [0.717, 1.165) is 23.2 Å². The Bertz CT molecular complexity index is 849. The first-order valence-electron chi connectivity index (χ1n) is 9.15. The molecule has 2 saturated heterocycles. The van der Waals surface area contributed by atoms with Gasteiger partial charge in [-0.1, -0.05) is 15.9 Å². The van der Waals surface area contributed by atoms with E-state index in [1.54, 1.807) is 36.4 Å². The lowest BCUT2D eigenvalue weighted by Gasteiger charge is -2.42. The normalized spacial score (nSPS) is 21.0. The third-order valence-electron chi connectivity index (χ3n) is 5.14. The molecule has 146 valence electrons. The van der Waals surface area contributed by atoms with Crippen molar-refractivity contribution in [3.63, 3.8) is 0 Å². The number of carbonyl (C=O) groups is 2. The Balaban J connectivity index is 1.38. The van der Waals surface area contributed by atoms with Crippen LogP contribution in [-0.2, 0) is 4.79 Å². The highest BCUT2D eigenvalue weighted by atomic mass is 79.9. The molecule has 0 aromatic heterocycles. The zero-order valence-electron chi connectivity index (χ0n) is 15.1. The maximum Gasteiger partial charge on any atom is 0.329 e. The molecule has 8 heteroatoms. The second-order valence-corrected chi connectivity index (χ2v) is 7.79. The van der Waals surface area contributed by atoms with Crippen molar-refractivity contribution in [1.82, 2.24) is 10.2 Å². The van der Waals surface area contributed by atoms with Crippen LogP contribution in [-0.4, -0.2) is 49.2 Å². The standard InChI is InChI=1S/C20H20BrFN4O2/c21-14-1-5-17(6-2-14)26-19(27)13-18(23-20(26)28)25-11-9-24(10-12-25)16-7-3-15(22)4-8-16/h1-8,18H,9-13H2,(H,23,28). The first-order chi connectivity index (χ1) is 13.5. The lowest BCUT2D eigenvalue weighted by Crippen LogP contribution is -2.63. The molecule has 3 amide bonds. The van der Waals surface area contributed by atoms with Crippen molar-refractivity contribution in [3.05, 3.63) is 58.8 Å². The van der Waals surface area contributed by atoms with Gasteiger partial charge in [-0.2, -0.15) is 0 Å². The number of hydrogen-bond donors (Lipinski definition) is 1. The van der Waals surface area contributed by atoms with Crippen LogP contribution in [0.3, 0.4) is 0 Å². The smallest absolute Gasteiger partial charge is 0.329 e. The molecular weight excluding hydrogens is 427 g/mol. The molecule has 0 saturated carbocycles. The minimum Gasteiger partial charge on any atom is -0.369 e. The van der Waals surface area contributed by atoms with Gasteiger partial charge in [0.1, 0.15) is 5.82 Å². The summed E-state index contributed by atoms with van der Waals surface area (Å²) < 4.78 is 14.0. The monoisotopic (exact) mass is 446 g/mol. The Labute approximate surface area is 171 Å². The molecule has 6 nitrogen and oxygen atoms in total. The van der Waals surface area contributed by atoms with E-state index in [2.05, 4.69) is 31.0 Å². The summed E-state index contributed by atoms with van der Waals surface area (Å²) in [6, 6.07) is 13.1. The Hall–Kier alpha value is -2.45. The molecule has 1 atom stereocenters. The van der Waals surface area contributed by atoms with Gasteiger partial charge in [0.15, 0.2) is 0 Å². The zero-order valence-corrected chi connectivity index (χ0v) is 16.7. The fourth-order valence-electron chi connectivity index (χ4n) is 3.64. The third kappa shape index (κ3) is 3.88. The van der Waals surface area contributed by atoms with E-state index < -0.39 is 6.03 Å². The average molecular weight is 447 g/mol. The summed E-state index contributed by atoms with van der Waals surface area (Å²) in [6.45, 7) is 2.94. The zero-order chi connectivity index (χ0) is 19.7. The molecule has 2 aliphatic rings. The number of piperazine rings is 1. The van der Waals surface area contributed by atoms with Gasteiger partial charge in [0, 0.05) is 36.3 Å². The number of hydrogen-bond acceptors (Lipinski definition) is 4. The van der Waals surface area contributed by atoms with Crippen molar-refractivity contribution in [3.8, 4) is 0 Å². The molecule has 0 radical (unpaired) electrons. The topological polar surface area (TPSA) is 55.9 Å². The van der Waals surface area contributed by atoms with Gasteiger partial charge in [0.05, 0.1) is 18.3 Å². The largest absolute Gasteiger partial charge is 0.369 e. The molecule has 0 bridgehead atoms. The van der Waals surface area contributed by atoms with Crippen LogP contribution in [0.2, 0.25) is 0 Å².